The number of hydrogen-bond acceptors (Lipinski definition) is 5. The van der Waals surface area contributed by atoms with Crippen LogP contribution in [0.4, 0.5) is 0 Å². The summed E-state index contributed by atoms with van der Waals surface area (Å²) >= 11 is 0. The van der Waals surface area contributed by atoms with Crippen molar-refractivity contribution in [3.05, 3.63) is 47.5 Å². The zero-order valence-electron chi connectivity index (χ0n) is 19.8. The van der Waals surface area contributed by atoms with Crippen LogP contribution in [0.1, 0.15) is 50.4 Å². The van der Waals surface area contributed by atoms with Crippen LogP contribution in [-0.2, 0) is 24.3 Å². The number of likely N-dealkylation sites (N-methyl/N-ethyl adjacent to an activating group) is 1. The van der Waals surface area contributed by atoms with Crippen molar-refractivity contribution in [1.29, 1.82) is 0 Å². The van der Waals surface area contributed by atoms with Gasteiger partial charge in [-0.1, -0.05) is 44.2 Å². The maximum Gasteiger partial charge on any atom is 0.191 e. The lowest BCUT2D eigenvalue weighted by Crippen LogP contribution is -2.47. The molecule has 32 heavy (non-hydrogen) atoms. The van der Waals surface area contributed by atoms with Crippen LogP contribution in [0.2, 0.25) is 0 Å². The molecule has 0 aliphatic carbocycles. The predicted octanol–water partition coefficient (Wildman–Crippen LogP) is 3.00. The summed E-state index contributed by atoms with van der Waals surface area (Å²) in [7, 11) is 1.67. The topological polar surface area (TPSA) is 79.6 Å². The molecule has 1 aromatic heterocycles. The van der Waals surface area contributed by atoms with E-state index in [9.17, 15) is 0 Å². The van der Waals surface area contributed by atoms with Gasteiger partial charge in [-0.15, -0.1) is 24.0 Å². The van der Waals surface area contributed by atoms with E-state index in [0.717, 1.165) is 56.6 Å². The molecule has 2 N–H and O–H groups in total. The van der Waals surface area contributed by atoms with Crippen molar-refractivity contribution < 1.29 is 4.74 Å². The van der Waals surface area contributed by atoms with Gasteiger partial charge in [0, 0.05) is 26.1 Å². The maximum absolute atomic E-state index is 5.17. The molecule has 0 spiro atoms. The molecule has 0 radical (unpaired) electrons. The Hall–Kier alpha value is -1.72. The minimum absolute atomic E-state index is 0. The molecule has 178 valence electrons. The monoisotopic (exact) mass is 555 g/mol. The molecule has 1 aliphatic heterocycles. The molecule has 0 amide bonds. The summed E-state index contributed by atoms with van der Waals surface area (Å²) in [4.78, 5) is 12.0. The Morgan fingerprint density at radius 1 is 1.25 bits per heavy atom. The van der Waals surface area contributed by atoms with Crippen LogP contribution in [0.25, 0.3) is 0 Å². The van der Waals surface area contributed by atoms with E-state index >= 15 is 0 Å². The van der Waals surface area contributed by atoms with Crippen LogP contribution in [0, 0.1) is 0 Å². The summed E-state index contributed by atoms with van der Waals surface area (Å²) in [6.07, 6.45) is 1.91. The first kappa shape index (κ1) is 26.5. The quantitative estimate of drug-likeness (QED) is 0.267. The standard InChI is InChI=1S/C23H37N7O.HI/c1-5-24-23(25-15-20(29(6-2)7-3)18-11-9-8-10-12-18)26-19-13-14-22-27-21(17-31-4)28-30(22)16-19;/h8-12,19-20H,5-7,13-17H2,1-4H3,(H2,24,25,26);1H. The minimum atomic E-state index is 0. The number of fused-ring (bicyclic) bond motifs is 1. The minimum Gasteiger partial charge on any atom is -0.377 e. The second kappa shape index (κ2) is 13.7. The summed E-state index contributed by atoms with van der Waals surface area (Å²) in [6.45, 7) is 11.3. The lowest BCUT2D eigenvalue weighted by Gasteiger charge is -2.30. The molecule has 9 heteroatoms. The van der Waals surface area contributed by atoms with Gasteiger partial charge in [-0.25, -0.2) is 9.67 Å². The highest BCUT2D eigenvalue weighted by Gasteiger charge is 2.23. The van der Waals surface area contributed by atoms with Gasteiger partial charge in [0.25, 0.3) is 0 Å². The Balaban J connectivity index is 0.00000363. The van der Waals surface area contributed by atoms with E-state index < -0.39 is 0 Å². The molecule has 2 aromatic rings. The number of ether oxygens (including phenoxy) is 1. The van der Waals surface area contributed by atoms with E-state index in [1.807, 2.05) is 4.68 Å². The first-order valence-corrected chi connectivity index (χ1v) is 11.4. The Labute approximate surface area is 209 Å². The number of aromatic nitrogens is 3. The first-order chi connectivity index (χ1) is 15.2. The zero-order valence-corrected chi connectivity index (χ0v) is 22.1. The normalized spacial score (nSPS) is 16.9. The fourth-order valence-electron chi connectivity index (χ4n) is 4.13. The van der Waals surface area contributed by atoms with Gasteiger partial charge in [-0.2, -0.15) is 5.10 Å². The number of guanidine groups is 1. The third kappa shape index (κ3) is 7.14. The molecule has 2 unspecified atom stereocenters. The Bertz CT molecular complexity index is 823. The molecular formula is C23H38IN7O. The largest absolute Gasteiger partial charge is 0.377 e. The van der Waals surface area contributed by atoms with E-state index in [1.54, 1.807) is 7.11 Å². The van der Waals surface area contributed by atoms with Gasteiger partial charge in [0.15, 0.2) is 11.8 Å². The highest BCUT2D eigenvalue weighted by Crippen LogP contribution is 2.21. The lowest BCUT2D eigenvalue weighted by atomic mass is 10.1. The summed E-state index contributed by atoms with van der Waals surface area (Å²) in [5, 5.41) is 11.6. The van der Waals surface area contributed by atoms with Crippen LogP contribution in [0.15, 0.2) is 35.3 Å². The number of aliphatic imine (C=N–C) groups is 1. The molecular weight excluding hydrogens is 517 g/mol. The molecule has 3 rings (SSSR count). The molecule has 0 saturated carbocycles. The van der Waals surface area contributed by atoms with Crippen molar-refractivity contribution in [3.63, 3.8) is 0 Å². The number of nitrogens with zero attached hydrogens (tertiary/aromatic N) is 5. The van der Waals surface area contributed by atoms with Crippen molar-refractivity contribution in [2.24, 2.45) is 4.99 Å². The second-order valence-electron chi connectivity index (χ2n) is 7.81. The van der Waals surface area contributed by atoms with Gasteiger partial charge in [0.1, 0.15) is 12.4 Å². The van der Waals surface area contributed by atoms with E-state index in [-0.39, 0.29) is 36.1 Å². The summed E-state index contributed by atoms with van der Waals surface area (Å²) in [6, 6.07) is 11.2. The number of halogens is 1. The van der Waals surface area contributed by atoms with Crippen LogP contribution in [0.5, 0.6) is 0 Å². The summed E-state index contributed by atoms with van der Waals surface area (Å²) in [5.74, 6) is 2.66. The number of hydrogen-bond donors (Lipinski definition) is 2. The van der Waals surface area contributed by atoms with E-state index in [4.69, 9.17) is 9.73 Å². The molecule has 2 heterocycles. The average Bonchev–Trinajstić information content (AvgIpc) is 3.19. The molecule has 0 fully saturated rings. The Kier molecular flexibility index (Phi) is 11.4. The van der Waals surface area contributed by atoms with Crippen LogP contribution in [-0.4, -0.2) is 65.0 Å². The molecule has 0 bridgehead atoms. The number of methoxy groups -OCH3 is 1. The van der Waals surface area contributed by atoms with Gasteiger partial charge in [0.2, 0.25) is 0 Å². The third-order valence-corrected chi connectivity index (χ3v) is 5.72. The highest BCUT2D eigenvalue weighted by atomic mass is 127. The predicted molar refractivity (Wildman–Crippen MR) is 139 cm³/mol. The van der Waals surface area contributed by atoms with Gasteiger partial charge in [-0.3, -0.25) is 9.89 Å². The zero-order chi connectivity index (χ0) is 22.1. The Morgan fingerprint density at radius 3 is 2.66 bits per heavy atom. The molecule has 0 saturated heterocycles. The lowest BCUT2D eigenvalue weighted by molar-refractivity contribution is 0.177. The van der Waals surface area contributed by atoms with Crippen LogP contribution < -0.4 is 10.6 Å². The van der Waals surface area contributed by atoms with E-state index in [1.165, 1.54) is 5.56 Å². The van der Waals surface area contributed by atoms with Crippen molar-refractivity contribution in [2.75, 3.05) is 33.3 Å². The summed E-state index contributed by atoms with van der Waals surface area (Å²) < 4.78 is 7.17. The highest BCUT2D eigenvalue weighted by molar-refractivity contribution is 14.0. The average molecular weight is 556 g/mol. The number of rotatable bonds is 10. The molecule has 1 aliphatic rings. The second-order valence-corrected chi connectivity index (χ2v) is 7.81. The van der Waals surface area contributed by atoms with Crippen molar-refractivity contribution >= 4 is 29.9 Å². The van der Waals surface area contributed by atoms with Crippen LogP contribution in [0.3, 0.4) is 0 Å². The molecule has 2 atom stereocenters. The fourth-order valence-corrected chi connectivity index (χ4v) is 4.13. The van der Waals surface area contributed by atoms with Gasteiger partial charge in [-0.05, 0) is 32.0 Å². The van der Waals surface area contributed by atoms with E-state index in [2.05, 4.69) is 76.7 Å². The Morgan fingerprint density at radius 2 is 2.00 bits per heavy atom. The first-order valence-electron chi connectivity index (χ1n) is 11.4. The van der Waals surface area contributed by atoms with Crippen molar-refractivity contribution in [2.45, 2.75) is 58.8 Å². The fraction of sp³-hybridized carbons (Fsp3) is 0.609. The molecule has 1 aromatic carbocycles. The SMILES string of the molecule is CCNC(=NCC(c1ccccc1)N(CC)CC)NC1CCc2nc(COC)nn2C1.I. The maximum atomic E-state index is 5.17. The van der Waals surface area contributed by atoms with Crippen molar-refractivity contribution in [1.82, 2.24) is 30.3 Å². The van der Waals surface area contributed by atoms with Gasteiger partial charge in [0.05, 0.1) is 19.1 Å². The number of nitrogens with one attached hydrogen (secondary N) is 2. The van der Waals surface area contributed by atoms with Crippen molar-refractivity contribution in [3.8, 4) is 0 Å². The number of benzene rings is 1. The molecule has 8 nitrogen and oxygen atoms in total. The van der Waals surface area contributed by atoms with Crippen LogP contribution >= 0.6 is 24.0 Å². The van der Waals surface area contributed by atoms with E-state index in [0.29, 0.717) is 13.2 Å². The summed E-state index contributed by atoms with van der Waals surface area (Å²) in [5.41, 5.74) is 1.31. The van der Waals surface area contributed by atoms with Gasteiger partial charge >= 0.3 is 0 Å². The third-order valence-electron chi connectivity index (χ3n) is 5.72. The number of aryl methyl sites for hydroxylation is 1. The van der Waals surface area contributed by atoms with Gasteiger partial charge < -0.3 is 15.4 Å². The smallest absolute Gasteiger partial charge is 0.191 e.